The van der Waals surface area contributed by atoms with Crippen LogP contribution in [0.15, 0.2) is 42.5 Å². The Balaban J connectivity index is 2.19. The van der Waals surface area contributed by atoms with Gasteiger partial charge < -0.3 is 15.0 Å². The number of nitro groups is 1. The standard InChI is InChI=1S/C17H20ClN3O3/c1-20(2)17(12-4-7-14(24-3)8-5-12)11-19-15-9-6-13(18)10-16(15)21(22)23/h4-10,17,19H,11H2,1-3H3. The van der Waals surface area contributed by atoms with E-state index in [0.29, 0.717) is 17.3 Å². The molecule has 0 saturated carbocycles. The Labute approximate surface area is 146 Å². The maximum absolute atomic E-state index is 11.2. The molecule has 128 valence electrons. The summed E-state index contributed by atoms with van der Waals surface area (Å²) in [6.45, 7) is 0.516. The van der Waals surface area contributed by atoms with E-state index < -0.39 is 4.92 Å². The number of nitro benzene ring substituents is 1. The van der Waals surface area contributed by atoms with Crippen molar-refractivity contribution in [2.24, 2.45) is 0 Å². The second-order valence-corrected chi connectivity index (χ2v) is 5.99. The van der Waals surface area contributed by atoms with E-state index in [-0.39, 0.29) is 11.7 Å². The van der Waals surface area contributed by atoms with Gasteiger partial charge in [0.25, 0.3) is 5.69 Å². The normalized spacial score (nSPS) is 12.0. The fourth-order valence-electron chi connectivity index (χ4n) is 2.44. The molecule has 0 aliphatic carbocycles. The van der Waals surface area contributed by atoms with Gasteiger partial charge in [-0.1, -0.05) is 23.7 Å². The minimum Gasteiger partial charge on any atom is -0.497 e. The van der Waals surface area contributed by atoms with Crippen molar-refractivity contribution in [3.63, 3.8) is 0 Å². The number of methoxy groups -OCH3 is 1. The third kappa shape index (κ3) is 4.37. The molecule has 1 atom stereocenters. The van der Waals surface area contributed by atoms with Crippen LogP contribution in [0.2, 0.25) is 5.02 Å². The predicted molar refractivity (Wildman–Crippen MR) is 96.0 cm³/mol. The molecule has 0 aliphatic heterocycles. The predicted octanol–water partition coefficient (Wildman–Crippen LogP) is 3.97. The topological polar surface area (TPSA) is 67.6 Å². The highest BCUT2D eigenvalue weighted by Crippen LogP contribution is 2.29. The Morgan fingerprint density at radius 2 is 1.92 bits per heavy atom. The lowest BCUT2D eigenvalue weighted by Gasteiger charge is -2.25. The summed E-state index contributed by atoms with van der Waals surface area (Å²) in [4.78, 5) is 12.8. The number of nitrogens with one attached hydrogen (secondary N) is 1. The monoisotopic (exact) mass is 349 g/mol. The molecule has 0 heterocycles. The molecular weight excluding hydrogens is 330 g/mol. The third-order valence-electron chi connectivity index (χ3n) is 3.77. The number of halogens is 1. The minimum absolute atomic E-state index is 0.0327. The van der Waals surface area contributed by atoms with Crippen molar-refractivity contribution in [3.05, 3.63) is 63.2 Å². The van der Waals surface area contributed by atoms with Gasteiger partial charge in [0, 0.05) is 17.6 Å². The summed E-state index contributed by atoms with van der Waals surface area (Å²) in [7, 11) is 5.55. The van der Waals surface area contributed by atoms with E-state index in [2.05, 4.69) is 10.2 Å². The van der Waals surface area contributed by atoms with Gasteiger partial charge in [0.1, 0.15) is 11.4 Å². The van der Waals surface area contributed by atoms with E-state index in [1.54, 1.807) is 19.2 Å². The quantitative estimate of drug-likeness (QED) is 0.605. The van der Waals surface area contributed by atoms with E-state index in [9.17, 15) is 10.1 Å². The molecule has 0 fully saturated rings. The number of ether oxygens (including phenoxy) is 1. The Kier molecular flexibility index (Phi) is 6.00. The summed E-state index contributed by atoms with van der Waals surface area (Å²) in [6.07, 6.45) is 0. The number of nitrogens with zero attached hydrogens (tertiary/aromatic N) is 2. The van der Waals surface area contributed by atoms with Crippen molar-refractivity contribution in [1.29, 1.82) is 0 Å². The molecule has 2 rings (SSSR count). The minimum atomic E-state index is -0.438. The summed E-state index contributed by atoms with van der Waals surface area (Å²) in [5, 5.41) is 14.7. The fraction of sp³-hybridized carbons (Fsp3) is 0.294. The maximum Gasteiger partial charge on any atom is 0.293 e. The molecular formula is C17H20ClN3O3. The summed E-state index contributed by atoms with van der Waals surface area (Å²) in [6, 6.07) is 12.4. The first kappa shape index (κ1) is 18.0. The van der Waals surface area contributed by atoms with Crippen LogP contribution in [-0.4, -0.2) is 37.6 Å². The summed E-state index contributed by atoms with van der Waals surface area (Å²) in [5.41, 5.74) is 1.50. The Bertz CT molecular complexity index is 705. The van der Waals surface area contributed by atoms with Crippen molar-refractivity contribution >= 4 is 23.0 Å². The zero-order valence-electron chi connectivity index (χ0n) is 13.8. The van der Waals surface area contributed by atoms with E-state index in [1.807, 2.05) is 38.4 Å². The molecule has 0 aromatic heterocycles. The molecule has 7 heteroatoms. The summed E-state index contributed by atoms with van der Waals surface area (Å²) < 4.78 is 5.18. The Morgan fingerprint density at radius 3 is 2.46 bits per heavy atom. The van der Waals surface area contributed by atoms with Gasteiger partial charge in [0.15, 0.2) is 0 Å². The van der Waals surface area contributed by atoms with Crippen LogP contribution in [0.25, 0.3) is 0 Å². The lowest BCUT2D eigenvalue weighted by atomic mass is 10.1. The second-order valence-electron chi connectivity index (χ2n) is 5.55. The highest BCUT2D eigenvalue weighted by Gasteiger charge is 2.18. The van der Waals surface area contributed by atoms with E-state index >= 15 is 0 Å². The van der Waals surface area contributed by atoms with Gasteiger partial charge in [-0.25, -0.2) is 0 Å². The van der Waals surface area contributed by atoms with Gasteiger partial charge in [0.05, 0.1) is 18.1 Å². The van der Waals surface area contributed by atoms with Gasteiger partial charge in [-0.05, 0) is 43.9 Å². The summed E-state index contributed by atoms with van der Waals surface area (Å²) >= 11 is 5.85. The van der Waals surface area contributed by atoms with Crippen molar-refractivity contribution in [2.75, 3.05) is 33.1 Å². The molecule has 2 aromatic carbocycles. The SMILES string of the molecule is COc1ccc(C(CNc2ccc(Cl)cc2[N+](=O)[O-])N(C)C)cc1. The average molecular weight is 350 g/mol. The first-order chi connectivity index (χ1) is 11.4. The first-order valence-corrected chi connectivity index (χ1v) is 7.78. The molecule has 0 bridgehead atoms. The van der Waals surface area contributed by atoms with Crippen LogP contribution in [0.4, 0.5) is 11.4 Å². The highest BCUT2D eigenvalue weighted by atomic mass is 35.5. The first-order valence-electron chi connectivity index (χ1n) is 7.40. The molecule has 1 N–H and O–H groups in total. The Morgan fingerprint density at radius 1 is 1.25 bits per heavy atom. The number of likely N-dealkylation sites (N-methyl/N-ethyl adjacent to an activating group) is 1. The van der Waals surface area contributed by atoms with Crippen LogP contribution >= 0.6 is 11.6 Å². The van der Waals surface area contributed by atoms with Crippen molar-refractivity contribution < 1.29 is 9.66 Å². The molecule has 2 aromatic rings. The highest BCUT2D eigenvalue weighted by molar-refractivity contribution is 6.30. The molecule has 0 radical (unpaired) electrons. The summed E-state index contributed by atoms with van der Waals surface area (Å²) in [5.74, 6) is 0.789. The zero-order chi connectivity index (χ0) is 17.7. The van der Waals surface area contributed by atoms with Crippen LogP contribution in [-0.2, 0) is 0 Å². The van der Waals surface area contributed by atoms with Crippen LogP contribution < -0.4 is 10.1 Å². The van der Waals surface area contributed by atoms with Crippen LogP contribution in [0.5, 0.6) is 5.75 Å². The van der Waals surface area contributed by atoms with Crippen LogP contribution in [0.1, 0.15) is 11.6 Å². The number of anilines is 1. The van der Waals surface area contributed by atoms with Gasteiger partial charge in [0.2, 0.25) is 0 Å². The fourth-order valence-corrected chi connectivity index (χ4v) is 2.60. The van der Waals surface area contributed by atoms with Crippen molar-refractivity contribution in [2.45, 2.75) is 6.04 Å². The van der Waals surface area contributed by atoms with Crippen LogP contribution in [0, 0.1) is 10.1 Å². The van der Waals surface area contributed by atoms with E-state index in [4.69, 9.17) is 16.3 Å². The average Bonchev–Trinajstić information content (AvgIpc) is 2.56. The molecule has 24 heavy (non-hydrogen) atoms. The lowest BCUT2D eigenvalue weighted by Crippen LogP contribution is -2.27. The van der Waals surface area contributed by atoms with Crippen molar-refractivity contribution in [3.8, 4) is 5.75 Å². The number of benzene rings is 2. The number of hydrogen-bond acceptors (Lipinski definition) is 5. The number of rotatable bonds is 7. The van der Waals surface area contributed by atoms with Gasteiger partial charge in [-0.3, -0.25) is 10.1 Å². The molecule has 1 unspecified atom stereocenters. The maximum atomic E-state index is 11.2. The Hall–Kier alpha value is -2.31. The van der Waals surface area contributed by atoms with Gasteiger partial charge in [-0.2, -0.15) is 0 Å². The largest absolute Gasteiger partial charge is 0.497 e. The molecule has 0 amide bonds. The second kappa shape index (κ2) is 7.99. The van der Waals surface area contributed by atoms with E-state index in [1.165, 1.54) is 6.07 Å². The zero-order valence-corrected chi connectivity index (χ0v) is 14.6. The lowest BCUT2D eigenvalue weighted by molar-refractivity contribution is -0.383. The van der Waals surface area contributed by atoms with E-state index in [0.717, 1.165) is 11.3 Å². The molecule has 0 saturated heterocycles. The van der Waals surface area contributed by atoms with Gasteiger partial charge >= 0.3 is 0 Å². The molecule has 6 nitrogen and oxygen atoms in total. The molecule has 0 spiro atoms. The van der Waals surface area contributed by atoms with Crippen molar-refractivity contribution in [1.82, 2.24) is 4.90 Å². The third-order valence-corrected chi connectivity index (χ3v) is 4.00. The molecule has 0 aliphatic rings. The van der Waals surface area contributed by atoms with Gasteiger partial charge in [-0.15, -0.1) is 0 Å². The number of hydrogen-bond donors (Lipinski definition) is 1. The van der Waals surface area contributed by atoms with Crippen LogP contribution in [0.3, 0.4) is 0 Å². The smallest absolute Gasteiger partial charge is 0.293 e.